The Morgan fingerprint density at radius 1 is 1.35 bits per heavy atom. The average molecular weight is 236 g/mol. The molecule has 17 heavy (non-hydrogen) atoms. The van der Waals surface area contributed by atoms with Gasteiger partial charge in [0.15, 0.2) is 0 Å². The van der Waals surface area contributed by atoms with Crippen LogP contribution >= 0.6 is 0 Å². The summed E-state index contributed by atoms with van der Waals surface area (Å²) in [6, 6.07) is 0.147. The molecular formula is C13H24N4. The third-order valence-corrected chi connectivity index (χ3v) is 3.32. The molecule has 4 heteroatoms. The van der Waals surface area contributed by atoms with Gasteiger partial charge in [-0.15, -0.1) is 0 Å². The fourth-order valence-electron chi connectivity index (χ4n) is 1.51. The molecule has 0 aliphatic rings. The van der Waals surface area contributed by atoms with Crippen LogP contribution in [0.3, 0.4) is 0 Å². The lowest BCUT2D eigenvalue weighted by Crippen LogP contribution is -2.41. The van der Waals surface area contributed by atoms with Crippen LogP contribution in [0.5, 0.6) is 0 Å². The minimum Gasteiger partial charge on any atom is -0.339 e. The minimum absolute atomic E-state index is 0.0721. The van der Waals surface area contributed by atoms with Crippen molar-refractivity contribution in [2.75, 3.05) is 11.9 Å². The normalized spacial score (nSPS) is 13.5. The second kappa shape index (κ2) is 5.45. The predicted molar refractivity (Wildman–Crippen MR) is 72.2 cm³/mol. The third-order valence-electron chi connectivity index (χ3n) is 3.32. The van der Waals surface area contributed by atoms with E-state index in [2.05, 4.69) is 35.6 Å². The fraction of sp³-hybridized carbons (Fsp3) is 0.692. The lowest BCUT2D eigenvalue weighted by atomic mass is 10.0. The van der Waals surface area contributed by atoms with E-state index in [1.165, 1.54) is 0 Å². The highest BCUT2D eigenvalue weighted by atomic mass is 15.3. The largest absolute Gasteiger partial charge is 0.339 e. The molecule has 0 aliphatic heterocycles. The molecule has 4 nitrogen and oxygen atoms in total. The molecule has 0 aliphatic carbocycles. The maximum absolute atomic E-state index is 5.75. The van der Waals surface area contributed by atoms with E-state index >= 15 is 0 Å². The van der Waals surface area contributed by atoms with Gasteiger partial charge < -0.3 is 10.6 Å². The van der Waals surface area contributed by atoms with Crippen molar-refractivity contribution in [1.82, 2.24) is 9.97 Å². The van der Waals surface area contributed by atoms with Gasteiger partial charge in [-0.2, -0.15) is 0 Å². The van der Waals surface area contributed by atoms with E-state index in [0.29, 0.717) is 0 Å². The SMILES string of the molecule is CCC(C)(C)N(C)c1ncc(CC(C)N)cn1. The van der Waals surface area contributed by atoms with E-state index in [1.807, 2.05) is 26.4 Å². The molecule has 1 aromatic heterocycles. The van der Waals surface area contributed by atoms with Crippen LogP contribution in [0.4, 0.5) is 5.95 Å². The Bertz CT molecular complexity index is 343. The first-order valence-corrected chi connectivity index (χ1v) is 6.17. The zero-order chi connectivity index (χ0) is 13.1. The average Bonchev–Trinajstić information content (AvgIpc) is 2.28. The summed E-state index contributed by atoms with van der Waals surface area (Å²) < 4.78 is 0. The third kappa shape index (κ3) is 3.66. The van der Waals surface area contributed by atoms with Gasteiger partial charge in [-0.25, -0.2) is 9.97 Å². The monoisotopic (exact) mass is 236 g/mol. The van der Waals surface area contributed by atoms with Crippen LogP contribution in [-0.2, 0) is 6.42 Å². The molecule has 0 amide bonds. The minimum atomic E-state index is 0.0721. The first-order valence-electron chi connectivity index (χ1n) is 6.17. The van der Waals surface area contributed by atoms with E-state index in [-0.39, 0.29) is 11.6 Å². The number of hydrogen-bond acceptors (Lipinski definition) is 4. The van der Waals surface area contributed by atoms with Crippen LogP contribution in [0.25, 0.3) is 0 Å². The maximum atomic E-state index is 5.75. The molecule has 96 valence electrons. The molecule has 0 saturated carbocycles. The van der Waals surface area contributed by atoms with Gasteiger partial charge in [-0.1, -0.05) is 6.92 Å². The molecule has 1 aromatic rings. The Labute approximate surface area is 104 Å². The summed E-state index contributed by atoms with van der Waals surface area (Å²) in [5, 5.41) is 0. The molecule has 0 saturated heterocycles. The smallest absolute Gasteiger partial charge is 0.225 e. The number of anilines is 1. The van der Waals surface area contributed by atoms with Crippen LogP contribution in [0.1, 0.15) is 39.7 Å². The number of hydrogen-bond donors (Lipinski definition) is 1. The van der Waals surface area contributed by atoms with E-state index in [1.54, 1.807) is 0 Å². The molecule has 0 spiro atoms. The number of aromatic nitrogens is 2. The summed E-state index contributed by atoms with van der Waals surface area (Å²) in [6.07, 6.45) is 5.61. The van der Waals surface area contributed by atoms with Gasteiger partial charge in [0.05, 0.1) is 0 Å². The van der Waals surface area contributed by atoms with E-state index in [4.69, 9.17) is 5.73 Å². The first kappa shape index (κ1) is 13.9. The highest BCUT2D eigenvalue weighted by Gasteiger charge is 2.23. The van der Waals surface area contributed by atoms with Crippen LogP contribution in [0, 0.1) is 0 Å². The fourth-order valence-corrected chi connectivity index (χ4v) is 1.51. The van der Waals surface area contributed by atoms with Crippen molar-refractivity contribution in [2.45, 2.75) is 52.1 Å². The van der Waals surface area contributed by atoms with Crippen molar-refractivity contribution in [3.8, 4) is 0 Å². The summed E-state index contributed by atoms with van der Waals surface area (Å²) in [4.78, 5) is 10.9. The Balaban J connectivity index is 2.80. The van der Waals surface area contributed by atoms with Gasteiger partial charge in [0, 0.05) is 31.0 Å². The molecular weight excluding hydrogens is 212 g/mol. The molecule has 0 aromatic carbocycles. The van der Waals surface area contributed by atoms with Crippen LogP contribution in [-0.4, -0.2) is 28.6 Å². The second-order valence-corrected chi connectivity index (χ2v) is 5.30. The maximum Gasteiger partial charge on any atom is 0.225 e. The Hall–Kier alpha value is -1.16. The molecule has 0 bridgehead atoms. The van der Waals surface area contributed by atoms with Gasteiger partial charge >= 0.3 is 0 Å². The predicted octanol–water partition coefficient (Wildman–Crippen LogP) is 1.99. The Morgan fingerprint density at radius 3 is 2.29 bits per heavy atom. The molecule has 1 unspecified atom stereocenters. The zero-order valence-corrected chi connectivity index (χ0v) is 11.6. The van der Waals surface area contributed by atoms with Gasteiger partial charge in [-0.3, -0.25) is 0 Å². The van der Waals surface area contributed by atoms with Crippen LogP contribution < -0.4 is 10.6 Å². The molecule has 0 radical (unpaired) electrons. The lowest BCUT2D eigenvalue weighted by Gasteiger charge is -2.34. The zero-order valence-electron chi connectivity index (χ0n) is 11.6. The summed E-state index contributed by atoms with van der Waals surface area (Å²) in [5.41, 5.74) is 6.91. The van der Waals surface area contributed by atoms with E-state index < -0.39 is 0 Å². The van der Waals surface area contributed by atoms with Crippen molar-refractivity contribution >= 4 is 5.95 Å². The molecule has 2 N–H and O–H groups in total. The van der Waals surface area contributed by atoms with Crippen molar-refractivity contribution in [1.29, 1.82) is 0 Å². The van der Waals surface area contributed by atoms with Crippen LogP contribution in [0.2, 0.25) is 0 Å². The first-order chi connectivity index (χ1) is 7.86. The highest BCUT2D eigenvalue weighted by molar-refractivity contribution is 5.32. The lowest BCUT2D eigenvalue weighted by molar-refractivity contribution is 0.463. The van der Waals surface area contributed by atoms with Crippen molar-refractivity contribution in [2.24, 2.45) is 5.73 Å². The van der Waals surface area contributed by atoms with E-state index in [0.717, 1.165) is 24.4 Å². The quantitative estimate of drug-likeness (QED) is 0.849. The number of nitrogens with two attached hydrogens (primary N) is 1. The molecule has 1 atom stereocenters. The van der Waals surface area contributed by atoms with Crippen molar-refractivity contribution in [3.63, 3.8) is 0 Å². The standard InChI is InChI=1S/C13H24N4/c1-6-13(3,4)17(5)12-15-8-11(9-16-12)7-10(2)14/h8-10H,6-7,14H2,1-5H3. The topological polar surface area (TPSA) is 55.0 Å². The Morgan fingerprint density at radius 2 is 1.88 bits per heavy atom. The number of nitrogens with zero attached hydrogens (tertiary/aromatic N) is 3. The Kier molecular flexibility index (Phi) is 4.46. The number of rotatable bonds is 5. The van der Waals surface area contributed by atoms with E-state index in [9.17, 15) is 0 Å². The summed E-state index contributed by atoms with van der Waals surface area (Å²) in [7, 11) is 2.03. The molecule has 0 fully saturated rings. The van der Waals surface area contributed by atoms with Crippen molar-refractivity contribution in [3.05, 3.63) is 18.0 Å². The summed E-state index contributed by atoms with van der Waals surface area (Å²) in [5.74, 6) is 0.769. The van der Waals surface area contributed by atoms with Gasteiger partial charge in [0.1, 0.15) is 0 Å². The van der Waals surface area contributed by atoms with Gasteiger partial charge in [0.2, 0.25) is 5.95 Å². The molecule has 1 rings (SSSR count). The van der Waals surface area contributed by atoms with Gasteiger partial charge in [-0.05, 0) is 39.2 Å². The summed E-state index contributed by atoms with van der Waals surface area (Å²) >= 11 is 0. The van der Waals surface area contributed by atoms with Gasteiger partial charge in [0.25, 0.3) is 0 Å². The molecule has 1 heterocycles. The highest BCUT2D eigenvalue weighted by Crippen LogP contribution is 2.21. The summed E-state index contributed by atoms with van der Waals surface area (Å²) in [6.45, 7) is 8.53. The van der Waals surface area contributed by atoms with Crippen LogP contribution in [0.15, 0.2) is 12.4 Å². The van der Waals surface area contributed by atoms with Crippen molar-refractivity contribution < 1.29 is 0 Å². The second-order valence-electron chi connectivity index (χ2n) is 5.30.